The minimum Gasteiger partial charge on any atom is -0.393 e. The van der Waals surface area contributed by atoms with Crippen molar-refractivity contribution in [3.63, 3.8) is 0 Å². The second-order valence-corrected chi connectivity index (χ2v) is 13.3. The first kappa shape index (κ1) is 29.2. The summed E-state index contributed by atoms with van der Waals surface area (Å²) in [5.74, 6) is 1.53. The van der Waals surface area contributed by atoms with Crippen molar-refractivity contribution in [2.75, 3.05) is 64.8 Å². The number of urea groups is 1. The third kappa shape index (κ3) is 6.33. The maximum absolute atomic E-state index is 13.5. The fourth-order valence-corrected chi connectivity index (χ4v) is 6.50. The Balaban J connectivity index is 1.52. The fraction of sp³-hybridized carbons (Fsp3) is 0.630. The van der Waals surface area contributed by atoms with Crippen molar-refractivity contribution in [2.24, 2.45) is 5.92 Å². The third-order valence-electron chi connectivity index (χ3n) is 7.50. The van der Waals surface area contributed by atoms with Gasteiger partial charge in [0.15, 0.2) is 0 Å². The van der Waals surface area contributed by atoms with E-state index in [1.54, 1.807) is 38.4 Å². The molecule has 0 unspecified atom stereocenters. The molecule has 2 saturated heterocycles. The average molecular weight is 562 g/mol. The molecule has 1 aromatic heterocycles. The standard InChI is InChI=1S/C27H43N7O4S/c1-27(2,3)25-29-23-19-22(7-8-24(23)34(25)20-21-9-17-38-18-10-21)31(6)39(36,37)33-15-13-32(14-16-33)26(35)30(5)12-11-28-4/h7-8,11-12,19,21,28H,9-10,13-18,20H2,1-6H3/b12-11-. The summed E-state index contributed by atoms with van der Waals surface area (Å²) in [6.07, 6.45) is 5.38. The maximum Gasteiger partial charge on any atom is 0.323 e. The van der Waals surface area contributed by atoms with E-state index in [0.29, 0.717) is 24.7 Å². The maximum atomic E-state index is 13.5. The smallest absolute Gasteiger partial charge is 0.323 e. The lowest BCUT2D eigenvalue weighted by Crippen LogP contribution is -2.55. The molecule has 1 aromatic carbocycles. The Morgan fingerprint density at radius 3 is 2.44 bits per heavy atom. The van der Waals surface area contributed by atoms with E-state index < -0.39 is 10.2 Å². The van der Waals surface area contributed by atoms with Crippen LogP contribution in [0.15, 0.2) is 30.6 Å². The molecule has 2 fully saturated rings. The molecule has 3 heterocycles. The molecule has 2 aliphatic rings. The molecule has 12 heteroatoms. The Morgan fingerprint density at radius 2 is 1.82 bits per heavy atom. The van der Waals surface area contributed by atoms with Gasteiger partial charge in [0.05, 0.1) is 16.7 Å². The Morgan fingerprint density at radius 1 is 1.15 bits per heavy atom. The Hall–Kier alpha value is -2.83. The zero-order valence-corrected chi connectivity index (χ0v) is 24.9. The molecular formula is C27H43N7O4S. The summed E-state index contributed by atoms with van der Waals surface area (Å²) in [7, 11) is 1.24. The van der Waals surface area contributed by atoms with Crippen LogP contribution in [0.4, 0.5) is 10.5 Å². The van der Waals surface area contributed by atoms with Gasteiger partial charge in [-0.05, 0) is 37.0 Å². The number of benzene rings is 1. The van der Waals surface area contributed by atoms with Gasteiger partial charge in [-0.1, -0.05) is 20.8 Å². The van der Waals surface area contributed by atoms with E-state index in [9.17, 15) is 13.2 Å². The van der Waals surface area contributed by atoms with Crippen molar-refractivity contribution >= 4 is 33.0 Å². The van der Waals surface area contributed by atoms with Crippen LogP contribution in [0.1, 0.15) is 39.4 Å². The minimum atomic E-state index is -3.78. The largest absolute Gasteiger partial charge is 0.393 e. The van der Waals surface area contributed by atoms with Crippen molar-refractivity contribution in [3.8, 4) is 0 Å². The van der Waals surface area contributed by atoms with E-state index in [0.717, 1.165) is 49.5 Å². The zero-order valence-electron chi connectivity index (χ0n) is 24.1. The second-order valence-electron chi connectivity index (χ2n) is 11.4. The number of nitrogens with one attached hydrogen (secondary N) is 1. The minimum absolute atomic E-state index is 0.156. The summed E-state index contributed by atoms with van der Waals surface area (Å²) < 4.78 is 37.7. The second kappa shape index (κ2) is 11.7. The normalized spacial score (nSPS) is 18.2. The van der Waals surface area contributed by atoms with Crippen LogP contribution in [0.2, 0.25) is 0 Å². The number of amides is 2. The van der Waals surface area contributed by atoms with Crippen LogP contribution in [0.5, 0.6) is 0 Å². The van der Waals surface area contributed by atoms with Crippen LogP contribution in [0, 0.1) is 5.92 Å². The van der Waals surface area contributed by atoms with Crippen molar-refractivity contribution in [2.45, 2.75) is 45.6 Å². The van der Waals surface area contributed by atoms with Gasteiger partial charge in [0, 0.05) is 84.9 Å². The number of imidazole rings is 1. The highest BCUT2D eigenvalue weighted by Crippen LogP contribution is 2.32. The molecule has 0 bridgehead atoms. The van der Waals surface area contributed by atoms with Gasteiger partial charge in [-0.15, -0.1) is 0 Å². The van der Waals surface area contributed by atoms with Crippen LogP contribution in [0.3, 0.4) is 0 Å². The summed E-state index contributed by atoms with van der Waals surface area (Å²) in [5.41, 5.74) is 2.22. The van der Waals surface area contributed by atoms with Gasteiger partial charge in [0.1, 0.15) is 5.82 Å². The predicted molar refractivity (Wildman–Crippen MR) is 154 cm³/mol. The van der Waals surface area contributed by atoms with Gasteiger partial charge in [0.25, 0.3) is 0 Å². The molecule has 216 valence electrons. The number of nitrogens with zero attached hydrogens (tertiary/aromatic N) is 6. The van der Waals surface area contributed by atoms with Crippen LogP contribution >= 0.6 is 0 Å². The molecular weight excluding hydrogens is 518 g/mol. The number of hydrogen-bond acceptors (Lipinski definition) is 6. The van der Waals surface area contributed by atoms with E-state index >= 15 is 0 Å². The van der Waals surface area contributed by atoms with Crippen LogP contribution in [-0.2, 0) is 26.9 Å². The summed E-state index contributed by atoms with van der Waals surface area (Å²) in [5, 5.41) is 2.86. The first-order valence-corrected chi connectivity index (χ1v) is 15.0. The molecule has 2 aliphatic heterocycles. The summed E-state index contributed by atoms with van der Waals surface area (Å²) in [6.45, 7) is 10.1. The lowest BCUT2D eigenvalue weighted by molar-refractivity contribution is 0.0611. The van der Waals surface area contributed by atoms with Crippen molar-refractivity contribution in [3.05, 3.63) is 36.4 Å². The first-order chi connectivity index (χ1) is 18.4. The molecule has 0 atom stereocenters. The number of carbonyl (C=O) groups is 1. The molecule has 0 radical (unpaired) electrons. The molecule has 4 rings (SSSR count). The highest BCUT2D eigenvalue weighted by molar-refractivity contribution is 7.90. The Labute approximate surface area is 232 Å². The van der Waals surface area contributed by atoms with Crippen molar-refractivity contribution < 1.29 is 17.9 Å². The van der Waals surface area contributed by atoms with Crippen LogP contribution < -0.4 is 9.62 Å². The fourth-order valence-electron chi connectivity index (χ4n) is 5.15. The Kier molecular flexibility index (Phi) is 8.77. The van der Waals surface area contributed by atoms with Crippen LogP contribution in [0.25, 0.3) is 11.0 Å². The number of carbonyl (C=O) groups excluding carboxylic acids is 1. The van der Waals surface area contributed by atoms with Gasteiger partial charge in [-0.25, -0.2) is 9.78 Å². The number of aromatic nitrogens is 2. The van der Waals surface area contributed by atoms with E-state index in [2.05, 4.69) is 30.7 Å². The van der Waals surface area contributed by atoms with Crippen molar-refractivity contribution in [1.82, 2.24) is 29.0 Å². The highest BCUT2D eigenvalue weighted by Gasteiger charge is 2.33. The van der Waals surface area contributed by atoms with E-state index in [1.165, 1.54) is 13.5 Å². The quantitative estimate of drug-likeness (QED) is 0.558. The van der Waals surface area contributed by atoms with Gasteiger partial charge in [0.2, 0.25) is 0 Å². The molecule has 0 spiro atoms. The third-order valence-corrected chi connectivity index (χ3v) is 9.42. The number of hydrogen-bond donors (Lipinski definition) is 1. The number of ether oxygens (including phenoxy) is 1. The number of piperazine rings is 1. The summed E-state index contributed by atoms with van der Waals surface area (Å²) >= 11 is 0. The molecule has 0 saturated carbocycles. The van der Waals surface area contributed by atoms with Gasteiger partial charge in [-0.2, -0.15) is 12.7 Å². The zero-order chi connectivity index (χ0) is 28.4. The lowest BCUT2D eigenvalue weighted by atomic mass is 9.94. The lowest BCUT2D eigenvalue weighted by Gasteiger charge is -2.37. The highest BCUT2D eigenvalue weighted by atomic mass is 32.2. The average Bonchev–Trinajstić information content (AvgIpc) is 3.29. The molecule has 0 aliphatic carbocycles. The molecule has 2 aromatic rings. The molecule has 1 N–H and O–H groups in total. The van der Waals surface area contributed by atoms with Crippen molar-refractivity contribution in [1.29, 1.82) is 0 Å². The SMILES string of the molecule is CN/C=C\N(C)C(=O)N1CCN(S(=O)(=O)N(C)c2ccc3c(c2)nc(C(C)(C)C)n3CC2CCOCC2)CC1. The Bertz CT molecular complexity index is 1290. The van der Waals surface area contributed by atoms with E-state index in [-0.39, 0.29) is 24.5 Å². The number of fused-ring (bicyclic) bond motifs is 1. The number of rotatable bonds is 7. The molecule has 39 heavy (non-hydrogen) atoms. The van der Waals surface area contributed by atoms with Gasteiger partial charge in [-0.3, -0.25) is 4.31 Å². The predicted octanol–water partition coefficient (Wildman–Crippen LogP) is 2.80. The van der Waals surface area contributed by atoms with E-state index in [1.807, 2.05) is 18.2 Å². The molecule has 11 nitrogen and oxygen atoms in total. The van der Waals surface area contributed by atoms with Crippen LogP contribution in [-0.4, -0.2) is 98.6 Å². The van der Waals surface area contributed by atoms with Gasteiger partial charge >= 0.3 is 16.2 Å². The molecule has 2 amide bonds. The first-order valence-electron chi connectivity index (χ1n) is 13.6. The number of anilines is 1. The topological polar surface area (TPSA) is 103 Å². The van der Waals surface area contributed by atoms with Gasteiger partial charge < -0.3 is 24.4 Å². The summed E-state index contributed by atoms with van der Waals surface area (Å²) in [4.78, 5) is 20.8. The van der Waals surface area contributed by atoms with E-state index in [4.69, 9.17) is 9.72 Å². The summed E-state index contributed by atoms with van der Waals surface area (Å²) in [6, 6.07) is 5.55. The monoisotopic (exact) mass is 561 g/mol.